The summed E-state index contributed by atoms with van der Waals surface area (Å²) in [6.45, 7) is 3.02. The lowest BCUT2D eigenvalue weighted by Gasteiger charge is -2.36. The van der Waals surface area contributed by atoms with E-state index in [1.807, 2.05) is 6.92 Å². The minimum absolute atomic E-state index is 0.157. The van der Waals surface area contributed by atoms with Crippen LogP contribution in [0, 0.1) is 11.7 Å². The second-order valence-electron chi connectivity index (χ2n) is 6.10. The average Bonchev–Trinajstić information content (AvgIpc) is 2.50. The van der Waals surface area contributed by atoms with E-state index in [-0.39, 0.29) is 23.8 Å². The van der Waals surface area contributed by atoms with Crippen molar-refractivity contribution >= 4 is 17.8 Å². The molecule has 1 aromatic carbocycles. The van der Waals surface area contributed by atoms with E-state index in [4.69, 9.17) is 0 Å². The van der Waals surface area contributed by atoms with Crippen molar-refractivity contribution in [2.45, 2.75) is 36.8 Å². The molecule has 6 heteroatoms. The summed E-state index contributed by atoms with van der Waals surface area (Å²) < 4.78 is 13.5. The predicted molar refractivity (Wildman–Crippen MR) is 84.4 cm³/mol. The van der Waals surface area contributed by atoms with Crippen molar-refractivity contribution in [1.82, 2.24) is 10.2 Å². The van der Waals surface area contributed by atoms with Gasteiger partial charge in [0.25, 0.3) is 0 Å². The monoisotopic (exact) mass is 324 g/mol. The predicted octanol–water partition coefficient (Wildman–Crippen LogP) is 2.77. The zero-order chi connectivity index (χ0) is 15.7. The number of piperidine rings is 1. The molecule has 2 heterocycles. The number of aliphatic hydroxyl groups is 1. The number of carbonyl (C=O) groups is 1. The second-order valence-corrected chi connectivity index (χ2v) is 7.24. The Morgan fingerprint density at radius 2 is 2.27 bits per heavy atom. The topological polar surface area (TPSA) is 52.6 Å². The molecule has 22 heavy (non-hydrogen) atoms. The number of halogens is 1. The molecule has 2 amide bonds. The van der Waals surface area contributed by atoms with Crippen LogP contribution < -0.4 is 5.32 Å². The Balaban J connectivity index is 1.69. The van der Waals surface area contributed by atoms with E-state index in [2.05, 4.69) is 5.32 Å². The summed E-state index contributed by atoms with van der Waals surface area (Å²) >= 11 is 1.69. The molecule has 2 N–H and O–H groups in total. The van der Waals surface area contributed by atoms with Crippen molar-refractivity contribution in [2.24, 2.45) is 5.92 Å². The lowest BCUT2D eigenvalue weighted by molar-refractivity contribution is 0.0429. The summed E-state index contributed by atoms with van der Waals surface area (Å²) in [4.78, 5) is 15.1. The van der Waals surface area contributed by atoms with Gasteiger partial charge < -0.3 is 15.3 Å². The quantitative estimate of drug-likeness (QED) is 0.835. The molecule has 0 aliphatic carbocycles. The Morgan fingerprint density at radius 1 is 1.45 bits per heavy atom. The Bertz CT molecular complexity index is 569. The van der Waals surface area contributed by atoms with E-state index < -0.39 is 6.10 Å². The molecule has 2 aliphatic rings. The Morgan fingerprint density at radius 3 is 3.05 bits per heavy atom. The Labute approximate surface area is 134 Å². The SMILES string of the molecule is CC1CCN(C(=O)NC2CCSc3ccc(F)cc32)CC1O. The number of urea groups is 1. The van der Waals surface area contributed by atoms with Gasteiger partial charge in [-0.1, -0.05) is 6.92 Å². The van der Waals surface area contributed by atoms with Crippen LogP contribution in [0.5, 0.6) is 0 Å². The number of carbonyl (C=O) groups excluding carboxylic acids is 1. The van der Waals surface area contributed by atoms with Crippen molar-refractivity contribution < 1.29 is 14.3 Å². The van der Waals surface area contributed by atoms with Gasteiger partial charge in [-0.05, 0) is 42.5 Å². The number of hydrogen-bond donors (Lipinski definition) is 2. The number of β-amino-alcohol motifs (C(OH)–C–C–N with tert-alkyl or cyclic N) is 1. The third-order valence-corrected chi connectivity index (χ3v) is 5.64. The minimum atomic E-state index is -0.467. The van der Waals surface area contributed by atoms with Gasteiger partial charge in [0.05, 0.1) is 12.1 Å². The van der Waals surface area contributed by atoms with Crippen LogP contribution in [0.25, 0.3) is 0 Å². The number of amides is 2. The van der Waals surface area contributed by atoms with Gasteiger partial charge >= 0.3 is 6.03 Å². The highest BCUT2D eigenvalue weighted by molar-refractivity contribution is 7.99. The van der Waals surface area contributed by atoms with E-state index in [0.29, 0.717) is 13.1 Å². The van der Waals surface area contributed by atoms with Crippen LogP contribution in [0.15, 0.2) is 23.1 Å². The summed E-state index contributed by atoms with van der Waals surface area (Å²) in [6.07, 6.45) is 1.13. The summed E-state index contributed by atoms with van der Waals surface area (Å²) in [5.74, 6) is 0.858. The highest BCUT2D eigenvalue weighted by Gasteiger charge is 2.30. The molecule has 0 radical (unpaired) electrons. The molecule has 2 aliphatic heterocycles. The van der Waals surface area contributed by atoms with Gasteiger partial charge in [0.1, 0.15) is 5.82 Å². The van der Waals surface area contributed by atoms with Gasteiger partial charge in [-0.25, -0.2) is 9.18 Å². The van der Waals surface area contributed by atoms with Gasteiger partial charge in [0.15, 0.2) is 0 Å². The molecule has 0 bridgehead atoms. The molecular formula is C16H21FN2O2S. The van der Waals surface area contributed by atoms with Crippen molar-refractivity contribution in [3.63, 3.8) is 0 Å². The molecule has 1 saturated heterocycles. The third-order valence-electron chi connectivity index (χ3n) is 4.51. The number of aliphatic hydroxyl groups excluding tert-OH is 1. The fourth-order valence-corrected chi connectivity index (χ4v) is 4.09. The molecule has 3 atom stereocenters. The first-order chi connectivity index (χ1) is 10.5. The Hall–Kier alpha value is -1.27. The Kier molecular flexibility index (Phi) is 4.59. The summed E-state index contributed by atoms with van der Waals surface area (Å²) in [6, 6.07) is 4.42. The first kappa shape index (κ1) is 15.6. The van der Waals surface area contributed by atoms with Gasteiger partial charge in [-0.2, -0.15) is 0 Å². The van der Waals surface area contributed by atoms with E-state index in [9.17, 15) is 14.3 Å². The van der Waals surface area contributed by atoms with Gasteiger partial charge in [-0.3, -0.25) is 0 Å². The number of hydrogen-bond acceptors (Lipinski definition) is 3. The molecule has 0 saturated carbocycles. The third kappa shape index (κ3) is 3.22. The molecular weight excluding hydrogens is 303 g/mol. The van der Waals surface area contributed by atoms with Crippen LogP contribution >= 0.6 is 11.8 Å². The maximum absolute atomic E-state index is 13.5. The van der Waals surface area contributed by atoms with Crippen LogP contribution in [0.2, 0.25) is 0 Å². The first-order valence-electron chi connectivity index (χ1n) is 7.70. The maximum atomic E-state index is 13.5. The van der Waals surface area contributed by atoms with Crippen LogP contribution in [0.4, 0.5) is 9.18 Å². The fourth-order valence-electron chi connectivity index (χ4n) is 2.99. The van der Waals surface area contributed by atoms with Gasteiger partial charge in [0.2, 0.25) is 0 Å². The largest absolute Gasteiger partial charge is 0.391 e. The summed E-state index contributed by atoms with van der Waals surface area (Å²) in [7, 11) is 0. The molecule has 0 aromatic heterocycles. The van der Waals surface area contributed by atoms with Crippen LogP contribution in [0.1, 0.15) is 31.4 Å². The molecule has 4 nitrogen and oxygen atoms in total. The number of nitrogens with one attached hydrogen (secondary N) is 1. The first-order valence-corrected chi connectivity index (χ1v) is 8.69. The summed E-state index contributed by atoms with van der Waals surface area (Å²) in [5, 5.41) is 12.9. The molecule has 0 spiro atoms. The smallest absolute Gasteiger partial charge is 0.317 e. The van der Waals surface area contributed by atoms with Crippen LogP contribution in [-0.2, 0) is 0 Å². The number of thioether (sulfide) groups is 1. The van der Waals surface area contributed by atoms with Crippen LogP contribution in [0.3, 0.4) is 0 Å². The zero-order valence-corrected chi connectivity index (χ0v) is 13.4. The molecule has 3 unspecified atom stereocenters. The number of nitrogens with zero attached hydrogens (tertiary/aromatic N) is 1. The zero-order valence-electron chi connectivity index (χ0n) is 12.6. The van der Waals surface area contributed by atoms with E-state index in [0.717, 1.165) is 29.1 Å². The fraction of sp³-hybridized carbons (Fsp3) is 0.562. The molecule has 1 aromatic rings. The van der Waals surface area contributed by atoms with Gasteiger partial charge in [0, 0.05) is 23.7 Å². The lowest BCUT2D eigenvalue weighted by Crippen LogP contribution is -2.50. The maximum Gasteiger partial charge on any atom is 0.317 e. The number of fused-ring (bicyclic) bond motifs is 1. The number of benzene rings is 1. The second kappa shape index (κ2) is 6.46. The van der Waals surface area contributed by atoms with Crippen LogP contribution in [-0.4, -0.2) is 41.0 Å². The molecule has 120 valence electrons. The summed E-state index contributed by atoms with van der Waals surface area (Å²) in [5.41, 5.74) is 0.857. The molecule has 1 fully saturated rings. The molecule has 3 rings (SSSR count). The lowest BCUT2D eigenvalue weighted by atomic mass is 9.96. The van der Waals surface area contributed by atoms with Crippen molar-refractivity contribution in [2.75, 3.05) is 18.8 Å². The number of rotatable bonds is 1. The minimum Gasteiger partial charge on any atom is -0.391 e. The van der Waals surface area contributed by atoms with E-state index in [1.165, 1.54) is 12.1 Å². The number of likely N-dealkylation sites (tertiary alicyclic amines) is 1. The van der Waals surface area contributed by atoms with Crippen molar-refractivity contribution in [3.8, 4) is 0 Å². The standard InChI is InChI=1S/C16H21FN2O2S/c1-10-4-6-19(9-14(10)20)16(21)18-13-5-7-22-15-3-2-11(17)8-12(13)15/h2-3,8,10,13-14,20H,4-7,9H2,1H3,(H,18,21). The van der Waals surface area contributed by atoms with E-state index in [1.54, 1.807) is 22.7 Å². The normalized spacial score (nSPS) is 28.1. The van der Waals surface area contributed by atoms with Gasteiger partial charge in [-0.15, -0.1) is 11.8 Å². The highest BCUT2D eigenvalue weighted by atomic mass is 32.2. The average molecular weight is 324 g/mol. The highest BCUT2D eigenvalue weighted by Crippen LogP contribution is 2.36. The van der Waals surface area contributed by atoms with Crippen molar-refractivity contribution in [3.05, 3.63) is 29.6 Å². The van der Waals surface area contributed by atoms with Crippen molar-refractivity contribution in [1.29, 1.82) is 0 Å². The van der Waals surface area contributed by atoms with E-state index >= 15 is 0 Å².